The van der Waals surface area contributed by atoms with Crippen molar-refractivity contribution in [2.24, 2.45) is 0 Å². The molecule has 0 fully saturated rings. The molecular weight excluding hydrogens is 323 g/mol. The average molecular weight is 340 g/mol. The SMILES string of the molecule is Cc1nc(C(=O)NC2CCCc3occc32)nn1-c1ccc(F)cc1. The van der Waals surface area contributed by atoms with E-state index in [2.05, 4.69) is 15.4 Å². The van der Waals surface area contributed by atoms with E-state index in [1.807, 2.05) is 6.07 Å². The normalized spacial score (nSPS) is 16.5. The summed E-state index contributed by atoms with van der Waals surface area (Å²) in [5, 5.41) is 7.25. The summed E-state index contributed by atoms with van der Waals surface area (Å²) >= 11 is 0. The molecule has 0 spiro atoms. The lowest BCUT2D eigenvalue weighted by Crippen LogP contribution is -2.31. The van der Waals surface area contributed by atoms with Gasteiger partial charge in [-0.1, -0.05) is 0 Å². The molecule has 6 nitrogen and oxygen atoms in total. The van der Waals surface area contributed by atoms with Crippen molar-refractivity contribution in [2.45, 2.75) is 32.2 Å². The Hall–Kier alpha value is -2.96. The lowest BCUT2D eigenvalue weighted by Gasteiger charge is -2.21. The van der Waals surface area contributed by atoms with Gasteiger partial charge in [-0.15, -0.1) is 5.10 Å². The van der Waals surface area contributed by atoms with Gasteiger partial charge in [0.1, 0.15) is 17.4 Å². The first-order chi connectivity index (χ1) is 12.1. The number of hydrogen-bond acceptors (Lipinski definition) is 4. The Morgan fingerprint density at radius 1 is 1.32 bits per heavy atom. The fraction of sp³-hybridized carbons (Fsp3) is 0.278. The summed E-state index contributed by atoms with van der Waals surface area (Å²) in [4.78, 5) is 16.8. The van der Waals surface area contributed by atoms with Gasteiger partial charge in [0.25, 0.3) is 5.91 Å². The minimum atomic E-state index is -0.331. The maximum atomic E-state index is 13.1. The van der Waals surface area contributed by atoms with Crippen molar-refractivity contribution in [2.75, 3.05) is 0 Å². The number of carbonyl (C=O) groups is 1. The van der Waals surface area contributed by atoms with E-state index < -0.39 is 0 Å². The molecule has 1 unspecified atom stereocenters. The summed E-state index contributed by atoms with van der Waals surface area (Å²) in [7, 11) is 0. The first-order valence-corrected chi connectivity index (χ1v) is 8.18. The van der Waals surface area contributed by atoms with E-state index in [1.165, 1.54) is 16.8 Å². The molecule has 0 saturated heterocycles. The molecule has 2 aromatic heterocycles. The summed E-state index contributed by atoms with van der Waals surface area (Å²) in [6, 6.07) is 7.69. The Labute approximate surface area is 143 Å². The number of hydrogen-bond donors (Lipinski definition) is 1. The largest absolute Gasteiger partial charge is 0.469 e. The summed E-state index contributed by atoms with van der Waals surface area (Å²) < 4.78 is 20.0. The molecule has 25 heavy (non-hydrogen) atoms. The third kappa shape index (κ3) is 2.93. The van der Waals surface area contributed by atoms with Gasteiger partial charge in [0, 0.05) is 12.0 Å². The van der Waals surface area contributed by atoms with Gasteiger partial charge in [-0.05, 0) is 50.1 Å². The van der Waals surface area contributed by atoms with Gasteiger partial charge in [0.15, 0.2) is 0 Å². The van der Waals surface area contributed by atoms with E-state index in [0.29, 0.717) is 11.5 Å². The van der Waals surface area contributed by atoms with E-state index in [9.17, 15) is 9.18 Å². The van der Waals surface area contributed by atoms with Crippen molar-refractivity contribution in [1.82, 2.24) is 20.1 Å². The number of nitrogens with zero attached hydrogens (tertiary/aromatic N) is 3. The first kappa shape index (κ1) is 15.6. The fourth-order valence-electron chi connectivity index (χ4n) is 3.17. The molecule has 1 aliphatic carbocycles. The maximum Gasteiger partial charge on any atom is 0.291 e. The maximum absolute atomic E-state index is 13.1. The molecule has 0 saturated carbocycles. The number of benzene rings is 1. The van der Waals surface area contributed by atoms with Gasteiger partial charge in [0.05, 0.1) is 18.0 Å². The van der Waals surface area contributed by atoms with Gasteiger partial charge < -0.3 is 9.73 Å². The molecule has 1 N–H and O–H groups in total. The third-order valence-electron chi connectivity index (χ3n) is 4.40. The molecule has 7 heteroatoms. The van der Waals surface area contributed by atoms with Crippen molar-refractivity contribution >= 4 is 5.91 Å². The van der Waals surface area contributed by atoms with Gasteiger partial charge in [-0.3, -0.25) is 4.79 Å². The predicted molar refractivity (Wildman–Crippen MR) is 87.9 cm³/mol. The number of halogens is 1. The Morgan fingerprint density at radius 2 is 2.12 bits per heavy atom. The van der Waals surface area contributed by atoms with Crippen LogP contribution in [0.2, 0.25) is 0 Å². The zero-order chi connectivity index (χ0) is 17.4. The first-order valence-electron chi connectivity index (χ1n) is 8.18. The fourth-order valence-corrected chi connectivity index (χ4v) is 3.17. The molecule has 0 radical (unpaired) electrons. The number of rotatable bonds is 3. The summed E-state index contributed by atoms with van der Waals surface area (Å²) in [6.45, 7) is 1.75. The van der Waals surface area contributed by atoms with Crippen LogP contribution in [0.5, 0.6) is 0 Å². The minimum Gasteiger partial charge on any atom is -0.469 e. The topological polar surface area (TPSA) is 73.0 Å². The minimum absolute atomic E-state index is 0.0897. The number of aromatic nitrogens is 3. The van der Waals surface area contributed by atoms with Crippen LogP contribution < -0.4 is 5.32 Å². The lowest BCUT2D eigenvalue weighted by atomic mass is 9.93. The molecule has 1 aliphatic rings. The zero-order valence-corrected chi connectivity index (χ0v) is 13.7. The molecule has 128 valence electrons. The second-order valence-electron chi connectivity index (χ2n) is 6.09. The van der Waals surface area contributed by atoms with Crippen LogP contribution in [0.1, 0.15) is 46.7 Å². The van der Waals surface area contributed by atoms with Crippen LogP contribution in [0.15, 0.2) is 41.0 Å². The van der Waals surface area contributed by atoms with Crippen molar-refractivity contribution in [3.63, 3.8) is 0 Å². The van der Waals surface area contributed by atoms with Crippen LogP contribution in [0.4, 0.5) is 4.39 Å². The van der Waals surface area contributed by atoms with Gasteiger partial charge in [-0.2, -0.15) is 0 Å². The number of nitrogens with one attached hydrogen (secondary N) is 1. The Morgan fingerprint density at radius 3 is 2.92 bits per heavy atom. The van der Waals surface area contributed by atoms with Crippen LogP contribution in [0.3, 0.4) is 0 Å². The summed E-state index contributed by atoms with van der Waals surface area (Å²) in [6.07, 6.45) is 4.36. The predicted octanol–water partition coefficient (Wildman–Crippen LogP) is 3.12. The summed E-state index contributed by atoms with van der Waals surface area (Å²) in [5.41, 5.74) is 1.68. The second-order valence-corrected chi connectivity index (χ2v) is 6.09. The third-order valence-corrected chi connectivity index (χ3v) is 4.40. The highest BCUT2D eigenvalue weighted by atomic mass is 19.1. The van der Waals surface area contributed by atoms with Crippen LogP contribution in [0.25, 0.3) is 5.69 Å². The highest BCUT2D eigenvalue weighted by molar-refractivity contribution is 5.90. The van der Waals surface area contributed by atoms with Crippen molar-refractivity contribution in [1.29, 1.82) is 0 Å². The second kappa shape index (κ2) is 6.16. The van der Waals surface area contributed by atoms with Crippen LogP contribution in [0, 0.1) is 12.7 Å². The molecule has 1 atom stereocenters. The van der Waals surface area contributed by atoms with Crippen LogP contribution in [-0.4, -0.2) is 20.7 Å². The van der Waals surface area contributed by atoms with E-state index in [-0.39, 0.29) is 23.6 Å². The Kier molecular flexibility index (Phi) is 3.83. The quantitative estimate of drug-likeness (QED) is 0.795. The van der Waals surface area contributed by atoms with Crippen molar-refractivity contribution < 1.29 is 13.6 Å². The smallest absolute Gasteiger partial charge is 0.291 e. The van der Waals surface area contributed by atoms with Crippen LogP contribution in [-0.2, 0) is 6.42 Å². The number of amides is 1. The molecule has 1 amide bonds. The van der Waals surface area contributed by atoms with E-state index in [0.717, 1.165) is 30.6 Å². The molecule has 2 heterocycles. The van der Waals surface area contributed by atoms with Crippen molar-refractivity contribution in [3.05, 3.63) is 65.4 Å². The Balaban J connectivity index is 1.56. The molecule has 4 rings (SSSR count). The lowest BCUT2D eigenvalue weighted by molar-refractivity contribution is 0.0921. The van der Waals surface area contributed by atoms with Crippen LogP contribution >= 0.6 is 0 Å². The standard InChI is InChI=1S/C18H17FN4O2/c1-11-20-17(22-23(11)13-7-5-12(19)6-8-13)18(24)21-15-3-2-4-16-14(15)9-10-25-16/h5-10,15H,2-4H2,1H3,(H,21,24). The number of carbonyl (C=O) groups excluding carboxylic acids is 1. The van der Waals surface area contributed by atoms with Gasteiger partial charge >= 0.3 is 0 Å². The molecule has 0 bridgehead atoms. The highest BCUT2D eigenvalue weighted by Crippen LogP contribution is 2.30. The molecule has 1 aromatic carbocycles. The van der Waals surface area contributed by atoms with E-state index >= 15 is 0 Å². The highest BCUT2D eigenvalue weighted by Gasteiger charge is 2.26. The molecular formula is C18H17FN4O2. The van der Waals surface area contributed by atoms with E-state index in [1.54, 1.807) is 25.3 Å². The average Bonchev–Trinajstić information content (AvgIpc) is 3.23. The monoisotopic (exact) mass is 340 g/mol. The Bertz CT molecular complexity index is 914. The number of fused-ring (bicyclic) bond motifs is 1. The number of furan rings is 1. The zero-order valence-electron chi connectivity index (χ0n) is 13.7. The summed E-state index contributed by atoms with van der Waals surface area (Å²) in [5.74, 6) is 0.926. The van der Waals surface area contributed by atoms with Gasteiger partial charge in [0.2, 0.25) is 5.82 Å². The molecule has 0 aliphatic heterocycles. The van der Waals surface area contributed by atoms with Gasteiger partial charge in [-0.25, -0.2) is 14.1 Å². The number of aryl methyl sites for hydroxylation is 2. The van der Waals surface area contributed by atoms with E-state index in [4.69, 9.17) is 4.42 Å². The van der Waals surface area contributed by atoms with Crippen molar-refractivity contribution in [3.8, 4) is 5.69 Å². The molecule has 3 aromatic rings.